The second-order valence-corrected chi connectivity index (χ2v) is 11.0. The molecular formula is C28H30Br2O6. The van der Waals surface area contributed by atoms with Crippen LogP contribution in [0.25, 0.3) is 0 Å². The molecule has 8 heteroatoms. The van der Waals surface area contributed by atoms with Crippen LogP contribution in [0, 0.1) is 5.41 Å². The van der Waals surface area contributed by atoms with E-state index >= 15 is 0 Å². The zero-order valence-electron chi connectivity index (χ0n) is 20.0. The van der Waals surface area contributed by atoms with Gasteiger partial charge >= 0.3 is 0 Å². The molecule has 1 spiro atoms. The van der Waals surface area contributed by atoms with E-state index < -0.39 is 12.6 Å². The minimum absolute atomic E-state index is 0.101. The maximum Gasteiger partial charge on any atom is 0.218 e. The Morgan fingerprint density at radius 3 is 1.94 bits per heavy atom. The molecule has 2 aromatic carbocycles. The predicted molar refractivity (Wildman–Crippen MR) is 141 cm³/mol. The molecule has 4 heterocycles. The number of alkyl halides is 2. The van der Waals surface area contributed by atoms with Gasteiger partial charge in [-0.05, 0) is 47.9 Å². The first-order valence-corrected chi connectivity index (χ1v) is 14.6. The van der Waals surface area contributed by atoms with Gasteiger partial charge < -0.3 is 18.9 Å². The van der Waals surface area contributed by atoms with Gasteiger partial charge in [0.05, 0.1) is 25.4 Å². The number of carbonyl (C=O) groups excluding carboxylic acids is 2. The van der Waals surface area contributed by atoms with Crippen molar-refractivity contribution in [3.8, 4) is 0 Å². The minimum Gasteiger partial charge on any atom is -0.343 e. The third-order valence-corrected chi connectivity index (χ3v) is 8.62. The van der Waals surface area contributed by atoms with Gasteiger partial charge in [-0.1, -0.05) is 80.4 Å². The molecule has 0 amide bonds. The Hall–Kier alpha value is -1.42. The van der Waals surface area contributed by atoms with Crippen molar-refractivity contribution in [2.45, 2.75) is 67.6 Å². The second-order valence-electron chi connectivity index (χ2n) is 9.86. The molecule has 7 rings (SSSR count). The highest BCUT2D eigenvalue weighted by atomic mass is 79.9. The number of hydrogen-bond acceptors (Lipinski definition) is 6. The lowest BCUT2D eigenvalue weighted by atomic mass is 9.74. The molecule has 4 fully saturated rings. The summed E-state index contributed by atoms with van der Waals surface area (Å²) in [6.07, 6.45) is 3.23. The topological polar surface area (TPSA) is 71.1 Å². The summed E-state index contributed by atoms with van der Waals surface area (Å²) in [5.41, 5.74) is 5.12. The summed E-state index contributed by atoms with van der Waals surface area (Å²) in [4.78, 5) is 23.2. The van der Waals surface area contributed by atoms with E-state index in [1.807, 2.05) is 12.1 Å². The van der Waals surface area contributed by atoms with E-state index in [-0.39, 0.29) is 29.2 Å². The van der Waals surface area contributed by atoms with Crippen LogP contribution >= 0.6 is 31.9 Å². The van der Waals surface area contributed by atoms with Crippen molar-refractivity contribution in [3.63, 3.8) is 0 Å². The molecule has 0 saturated carbocycles. The molecule has 6 nitrogen and oxygen atoms in total. The molecule has 0 N–H and O–H groups in total. The molecule has 0 radical (unpaired) electrons. The average Bonchev–Trinajstić information content (AvgIpc) is 3.62. The number of ether oxygens (including phenoxy) is 4. The monoisotopic (exact) mass is 620 g/mol. The number of carbonyl (C=O) groups is 2. The Bertz CT molecular complexity index is 1060. The van der Waals surface area contributed by atoms with Crippen LogP contribution in [0.15, 0.2) is 48.5 Å². The van der Waals surface area contributed by atoms with Gasteiger partial charge in [0.1, 0.15) is 0 Å². The van der Waals surface area contributed by atoms with Crippen molar-refractivity contribution in [1.29, 1.82) is 0 Å². The molecule has 36 heavy (non-hydrogen) atoms. The van der Waals surface area contributed by atoms with Crippen molar-refractivity contribution >= 4 is 43.4 Å². The fourth-order valence-electron chi connectivity index (χ4n) is 5.50. The number of ketones is 2. The molecule has 4 atom stereocenters. The zero-order valence-corrected chi connectivity index (χ0v) is 23.2. The van der Waals surface area contributed by atoms with Crippen molar-refractivity contribution in [1.82, 2.24) is 0 Å². The van der Waals surface area contributed by atoms with Crippen molar-refractivity contribution in [2.24, 2.45) is 5.41 Å². The summed E-state index contributed by atoms with van der Waals surface area (Å²) < 4.78 is 21.1. The maximum absolute atomic E-state index is 12.4. The van der Waals surface area contributed by atoms with Crippen molar-refractivity contribution < 1.29 is 28.5 Å². The lowest BCUT2D eigenvalue weighted by molar-refractivity contribution is -0.168. The normalized spacial score (nSPS) is 28.7. The summed E-state index contributed by atoms with van der Waals surface area (Å²) in [5, 5.41) is 1.88. The molecule has 4 saturated heterocycles. The fourth-order valence-corrected chi connectivity index (χ4v) is 6.59. The zero-order chi connectivity index (χ0) is 25.1. The SMILES string of the molecule is BrCc1ccccc1CBr.O=C1CC[C@H]2CO[C@@H]1O2.O=C1[C@@H]2OC[C@H](CC13Cc1ccccc1C3)O2. The molecule has 192 valence electrons. The number of halogens is 2. The Morgan fingerprint density at radius 2 is 1.33 bits per heavy atom. The number of Topliss-reactive ketones (excluding diaryl/α,β-unsaturated/α-hetero) is 2. The fraction of sp³-hybridized carbons (Fsp3) is 0.500. The maximum atomic E-state index is 12.4. The average molecular weight is 622 g/mol. The summed E-state index contributed by atoms with van der Waals surface area (Å²) in [5.74, 6) is 0.256. The molecule has 2 aromatic rings. The third kappa shape index (κ3) is 5.54. The molecule has 1 aliphatic carbocycles. The summed E-state index contributed by atoms with van der Waals surface area (Å²) in [6.45, 7) is 1.19. The number of hydrogen-bond donors (Lipinski definition) is 0. The Kier molecular flexibility index (Phi) is 8.40. The summed E-state index contributed by atoms with van der Waals surface area (Å²) >= 11 is 6.86. The van der Waals surface area contributed by atoms with Gasteiger partial charge in [0, 0.05) is 22.5 Å². The van der Waals surface area contributed by atoms with Crippen LogP contribution in [-0.4, -0.2) is 49.6 Å². The molecular weight excluding hydrogens is 592 g/mol. The van der Waals surface area contributed by atoms with Gasteiger partial charge in [0.25, 0.3) is 0 Å². The summed E-state index contributed by atoms with van der Waals surface area (Å²) in [7, 11) is 0. The van der Waals surface area contributed by atoms with E-state index in [9.17, 15) is 9.59 Å². The van der Waals surface area contributed by atoms with Crippen LogP contribution in [-0.2, 0) is 52.0 Å². The smallest absolute Gasteiger partial charge is 0.218 e. The van der Waals surface area contributed by atoms with Crippen LogP contribution in [0.2, 0.25) is 0 Å². The number of rotatable bonds is 2. The Morgan fingerprint density at radius 1 is 0.778 bits per heavy atom. The molecule has 5 aliphatic rings. The van der Waals surface area contributed by atoms with Gasteiger partial charge in [-0.15, -0.1) is 0 Å². The van der Waals surface area contributed by atoms with Gasteiger partial charge in [-0.25, -0.2) is 0 Å². The van der Waals surface area contributed by atoms with Gasteiger partial charge in [0.15, 0.2) is 11.6 Å². The van der Waals surface area contributed by atoms with E-state index in [1.54, 1.807) is 0 Å². The highest BCUT2D eigenvalue weighted by molar-refractivity contribution is 9.09. The Labute approximate surface area is 228 Å². The van der Waals surface area contributed by atoms with Crippen LogP contribution in [0.5, 0.6) is 0 Å². The van der Waals surface area contributed by atoms with Crippen LogP contribution < -0.4 is 0 Å². The van der Waals surface area contributed by atoms with Crippen molar-refractivity contribution in [2.75, 3.05) is 13.2 Å². The van der Waals surface area contributed by atoms with Crippen LogP contribution in [0.3, 0.4) is 0 Å². The molecule has 4 aliphatic heterocycles. The Balaban J connectivity index is 0.000000121. The molecule has 0 unspecified atom stereocenters. The first-order valence-electron chi connectivity index (χ1n) is 12.4. The first kappa shape index (κ1) is 26.2. The highest BCUT2D eigenvalue weighted by Gasteiger charge is 2.55. The van der Waals surface area contributed by atoms with Crippen LogP contribution in [0.4, 0.5) is 0 Å². The van der Waals surface area contributed by atoms with E-state index in [0.29, 0.717) is 19.6 Å². The van der Waals surface area contributed by atoms with Crippen LogP contribution in [0.1, 0.15) is 41.5 Å². The standard InChI is InChI=1S/C14H14O3.C8H8Br2.C6H8O3/c15-12-13-16-8-11(17-13)7-14(12)5-9-3-1-2-4-10(9)6-14;9-5-7-3-1-2-4-8(7)6-10;7-5-2-1-4-3-8-6(5)9-4/h1-4,11,13H,5-8H2;1-4H,5-6H2;4,6H,1-3H2/t11-,13+;;4-,6+/m0.0/s1. The quantitative estimate of drug-likeness (QED) is 0.437. The highest BCUT2D eigenvalue weighted by Crippen LogP contribution is 2.47. The van der Waals surface area contributed by atoms with E-state index in [2.05, 4.69) is 68.3 Å². The largest absolute Gasteiger partial charge is 0.343 e. The van der Waals surface area contributed by atoms with Gasteiger partial charge in [0.2, 0.25) is 12.6 Å². The molecule has 0 aromatic heterocycles. The van der Waals surface area contributed by atoms with Gasteiger partial charge in [-0.2, -0.15) is 0 Å². The number of benzene rings is 2. The van der Waals surface area contributed by atoms with E-state index in [0.717, 1.165) is 36.3 Å². The van der Waals surface area contributed by atoms with Crippen molar-refractivity contribution in [3.05, 3.63) is 70.8 Å². The number of fused-ring (bicyclic) bond motifs is 5. The molecule has 4 bridgehead atoms. The second kappa shape index (κ2) is 11.5. The van der Waals surface area contributed by atoms with E-state index in [1.165, 1.54) is 22.3 Å². The van der Waals surface area contributed by atoms with Gasteiger partial charge in [-0.3, -0.25) is 9.59 Å². The van der Waals surface area contributed by atoms with E-state index in [4.69, 9.17) is 18.9 Å². The minimum atomic E-state index is -0.594. The predicted octanol–water partition coefficient (Wildman–Crippen LogP) is 5.05. The first-order chi connectivity index (χ1) is 17.5. The third-order valence-electron chi connectivity index (χ3n) is 7.41. The lowest BCUT2D eigenvalue weighted by Gasteiger charge is -2.34. The lowest BCUT2D eigenvalue weighted by Crippen LogP contribution is -2.46. The summed E-state index contributed by atoms with van der Waals surface area (Å²) in [6, 6.07) is 16.7.